The summed E-state index contributed by atoms with van der Waals surface area (Å²) in [5.41, 5.74) is 1.13. The Morgan fingerprint density at radius 3 is 2.69 bits per heavy atom. The van der Waals surface area contributed by atoms with Gasteiger partial charge in [0.15, 0.2) is 0 Å². The molecule has 0 atom stereocenters. The molecule has 0 radical (unpaired) electrons. The third kappa shape index (κ3) is 2.99. The Balaban J connectivity index is 2.93. The molecular formula is C13H18O3. The molecule has 0 aliphatic heterocycles. The minimum Gasteiger partial charge on any atom is -0.493 e. The molecule has 1 aromatic rings. The summed E-state index contributed by atoms with van der Waals surface area (Å²) in [6.07, 6.45) is 2.68. The summed E-state index contributed by atoms with van der Waals surface area (Å²) in [7, 11) is 0. The number of ether oxygens (including phenoxy) is 1. The van der Waals surface area contributed by atoms with Crippen molar-refractivity contribution in [2.75, 3.05) is 6.61 Å². The van der Waals surface area contributed by atoms with Crippen molar-refractivity contribution in [2.45, 2.75) is 33.1 Å². The molecule has 16 heavy (non-hydrogen) atoms. The number of carboxylic acids is 1. The van der Waals surface area contributed by atoms with Crippen molar-refractivity contribution < 1.29 is 14.6 Å². The predicted molar refractivity (Wildman–Crippen MR) is 63.2 cm³/mol. The number of carboxylic acid groups (broad SMARTS) is 1. The lowest BCUT2D eigenvalue weighted by Crippen LogP contribution is -2.07. The van der Waals surface area contributed by atoms with Crippen LogP contribution in [0, 0.1) is 0 Å². The lowest BCUT2D eigenvalue weighted by molar-refractivity contribution is 0.0691. The van der Waals surface area contributed by atoms with Crippen molar-refractivity contribution in [3.8, 4) is 5.75 Å². The molecule has 0 aromatic heterocycles. The minimum atomic E-state index is -0.913. The summed E-state index contributed by atoms with van der Waals surface area (Å²) in [4.78, 5) is 11.2. The van der Waals surface area contributed by atoms with Crippen LogP contribution in [0.3, 0.4) is 0 Å². The van der Waals surface area contributed by atoms with Crippen molar-refractivity contribution in [2.24, 2.45) is 0 Å². The molecule has 1 aromatic carbocycles. The minimum absolute atomic E-state index is 0.307. The largest absolute Gasteiger partial charge is 0.493 e. The second kappa shape index (κ2) is 6.16. The molecule has 0 saturated carbocycles. The molecule has 0 aliphatic rings. The summed E-state index contributed by atoms with van der Waals surface area (Å²) in [5, 5.41) is 9.15. The van der Waals surface area contributed by atoms with E-state index in [2.05, 4.69) is 6.92 Å². The molecule has 0 amide bonds. The zero-order valence-corrected chi connectivity index (χ0v) is 9.82. The smallest absolute Gasteiger partial charge is 0.339 e. The second-order valence-electron chi connectivity index (χ2n) is 3.65. The van der Waals surface area contributed by atoms with E-state index in [1.54, 1.807) is 6.07 Å². The van der Waals surface area contributed by atoms with Gasteiger partial charge in [-0.25, -0.2) is 4.79 Å². The van der Waals surface area contributed by atoms with Crippen LogP contribution in [-0.4, -0.2) is 17.7 Å². The van der Waals surface area contributed by atoms with Crippen LogP contribution >= 0.6 is 0 Å². The van der Waals surface area contributed by atoms with Gasteiger partial charge in [-0.2, -0.15) is 0 Å². The Labute approximate surface area is 96.1 Å². The molecule has 0 saturated heterocycles. The fourth-order valence-corrected chi connectivity index (χ4v) is 1.56. The molecule has 0 spiro atoms. The molecule has 0 bridgehead atoms. The zero-order chi connectivity index (χ0) is 12.0. The second-order valence-corrected chi connectivity index (χ2v) is 3.65. The van der Waals surface area contributed by atoms with Gasteiger partial charge in [-0.05, 0) is 24.5 Å². The van der Waals surface area contributed by atoms with Gasteiger partial charge in [0.1, 0.15) is 11.3 Å². The number of aryl methyl sites for hydroxylation is 1. The van der Waals surface area contributed by atoms with E-state index in [1.165, 1.54) is 0 Å². The first kappa shape index (κ1) is 12.6. The van der Waals surface area contributed by atoms with E-state index >= 15 is 0 Å². The highest BCUT2D eigenvalue weighted by Crippen LogP contribution is 2.23. The fraction of sp³-hybridized carbons (Fsp3) is 0.462. The molecule has 0 heterocycles. The Hall–Kier alpha value is -1.51. The molecule has 1 rings (SSSR count). The quantitative estimate of drug-likeness (QED) is 0.752. The number of carbonyl (C=O) groups is 1. The highest BCUT2D eigenvalue weighted by molar-refractivity contribution is 5.92. The van der Waals surface area contributed by atoms with Crippen molar-refractivity contribution in [1.82, 2.24) is 0 Å². The summed E-state index contributed by atoms with van der Waals surface area (Å²) >= 11 is 0. The van der Waals surface area contributed by atoms with Gasteiger partial charge in [0.05, 0.1) is 6.61 Å². The maximum Gasteiger partial charge on any atom is 0.339 e. The molecule has 88 valence electrons. The first-order valence-corrected chi connectivity index (χ1v) is 5.68. The molecule has 0 fully saturated rings. The van der Waals surface area contributed by atoms with Gasteiger partial charge >= 0.3 is 5.97 Å². The van der Waals surface area contributed by atoms with Crippen LogP contribution in [0.5, 0.6) is 5.75 Å². The third-order valence-corrected chi connectivity index (χ3v) is 2.46. The van der Waals surface area contributed by atoms with Gasteiger partial charge in [0.25, 0.3) is 0 Å². The number of rotatable bonds is 6. The first-order chi connectivity index (χ1) is 7.70. The lowest BCUT2D eigenvalue weighted by atomic mass is 10.0. The van der Waals surface area contributed by atoms with Crippen molar-refractivity contribution >= 4 is 5.97 Å². The molecule has 0 aliphatic carbocycles. The molecule has 3 heteroatoms. The van der Waals surface area contributed by atoms with E-state index in [4.69, 9.17) is 9.84 Å². The van der Waals surface area contributed by atoms with Crippen LogP contribution in [0.4, 0.5) is 0 Å². The summed E-state index contributed by atoms with van der Waals surface area (Å²) in [5.74, 6) is -0.427. The van der Waals surface area contributed by atoms with Crippen molar-refractivity contribution in [3.63, 3.8) is 0 Å². The number of benzene rings is 1. The average molecular weight is 222 g/mol. The van der Waals surface area contributed by atoms with Gasteiger partial charge in [-0.3, -0.25) is 0 Å². The van der Waals surface area contributed by atoms with Crippen LogP contribution in [0.2, 0.25) is 0 Å². The Kier molecular flexibility index (Phi) is 4.83. The predicted octanol–water partition coefficient (Wildman–Crippen LogP) is 3.13. The Morgan fingerprint density at radius 1 is 1.38 bits per heavy atom. The van der Waals surface area contributed by atoms with Crippen LogP contribution in [-0.2, 0) is 6.42 Å². The summed E-state index contributed by atoms with van der Waals surface area (Å²) < 4.78 is 5.50. The highest BCUT2D eigenvalue weighted by Gasteiger charge is 2.15. The standard InChI is InChI=1S/C13H18O3/c1-3-5-9-16-11-8-6-7-10(4-2)12(11)13(14)15/h6-8H,3-5,9H2,1-2H3,(H,14,15). The number of hydrogen-bond donors (Lipinski definition) is 1. The zero-order valence-electron chi connectivity index (χ0n) is 9.82. The van der Waals surface area contributed by atoms with Crippen molar-refractivity contribution in [3.05, 3.63) is 29.3 Å². The van der Waals surface area contributed by atoms with Gasteiger partial charge in [-0.1, -0.05) is 32.4 Å². The Morgan fingerprint density at radius 2 is 2.12 bits per heavy atom. The maximum absolute atomic E-state index is 11.2. The van der Waals surface area contributed by atoms with Crippen LogP contribution in [0.1, 0.15) is 42.6 Å². The summed E-state index contributed by atoms with van der Waals surface area (Å²) in [6, 6.07) is 5.39. The number of aromatic carboxylic acids is 1. The van der Waals surface area contributed by atoms with Gasteiger partial charge < -0.3 is 9.84 Å². The average Bonchev–Trinajstić information content (AvgIpc) is 2.28. The van der Waals surface area contributed by atoms with Gasteiger partial charge in [0.2, 0.25) is 0 Å². The monoisotopic (exact) mass is 222 g/mol. The topological polar surface area (TPSA) is 46.5 Å². The van der Waals surface area contributed by atoms with Crippen LogP contribution < -0.4 is 4.74 Å². The van der Waals surface area contributed by atoms with Crippen LogP contribution in [0.15, 0.2) is 18.2 Å². The molecule has 1 N–H and O–H groups in total. The normalized spacial score (nSPS) is 10.1. The summed E-state index contributed by atoms with van der Waals surface area (Å²) in [6.45, 7) is 4.59. The number of unbranched alkanes of at least 4 members (excludes halogenated alkanes) is 1. The van der Waals surface area contributed by atoms with E-state index in [9.17, 15) is 4.79 Å². The van der Waals surface area contributed by atoms with E-state index in [0.717, 1.165) is 18.4 Å². The van der Waals surface area contributed by atoms with E-state index < -0.39 is 5.97 Å². The Bertz CT molecular complexity index is 358. The van der Waals surface area contributed by atoms with Gasteiger partial charge in [0, 0.05) is 0 Å². The first-order valence-electron chi connectivity index (χ1n) is 5.68. The SMILES string of the molecule is CCCCOc1cccc(CC)c1C(=O)O. The van der Waals surface area contributed by atoms with Crippen LogP contribution in [0.25, 0.3) is 0 Å². The molecule has 3 nitrogen and oxygen atoms in total. The maximum atomic E-state index is 11.2. The fourth-order valence-electron chi connectivity index (χ4n) is 1.56. The number of hydrogen-bond acceptors (Lipinski definition) is 2. The highest BCUT2D eigenvalue weighted by atomic mass is 16.5. The van der Waals surface area contributed by atoms with Gasteiger partial charge in [-0.15, -0.1) is 0 Å². The lowest BCUT2D eigenvalue weighted by Gasteiger charge is -2.11. The van der Waals surface area contributed by atoms with E-state index in [1.807, 2.05) is 19.1 Å². The van der Waals surface area contributed by atoms with E-state index in [0.29, 0.717) is 24.3 Å². The molecule has 0 unspecified atom stereocenters. The van der Waals surface area contributed by atoms with Crippen molar-refractivity contribution in [1.29, 1.82) is 0 Å². The third-order valence-electron chi connectivity index (χ3n) is 2.46. The molecular weight excluding hydrogens is 204 g/mol. The van der Waals surface area contributed by atoms with E-state index in [-0.39, 0.29) is 0 Å².